The van der Waals surface area contributed by atoms with Gasteiger partial charge in [-0.25, -0.2) is 12.8 Å². The van der Waals surface area contributed by atoms with E-state index in [0.717, 1.165) is 40.7 Å². The van der Waals surface area contributed by atoms with Crippen LogP contribution >= 0.6 is 0 Å². The van der Waals surface area contributed by atoms with E-state index in [2.05, 4.69) is 22.3 Å². The first-order chi connectivity index (χ1) is 16.7. The molecule has 1 atom stereocenters. The van der Waals surface area contributed by atoms with Crippen molar-refractivity contribution in [2.45, 2.75) is 37.6 Å². The zero-order valence-electron chi connectivity index (χ0n) is 19.9. The maximum Gasteiger partial charge on any atom is 0.264 e. The summed E-state index contributed by atoms with van der Waals surface area (Å²) in [6.07, 6.45) is 2.40. The fourth-order valence-electron chi connectivity index (χ4n) is 4.21. The average Bonchev–Trinajstić information content (AvgIpc) is 3.39. The molecule has 0 aliphatic carbocycles. The minimum atomic E-state index is -4.09. The van der Waals surface area contributed by atoms with Crippen molar-refractivity contribution in [2.24, 2.45) is 0 Å². The number of carbonyl (C=O) groups excluding carboxylic acids is 1. The molecule has 3 aromatic rings. The highest BCUT2D eigenvalue weighted by atomic mass is 32.2. The first kappa shape index (κ1) is 24.7. The number of hydrogen-bond acceptors (Lipinski definition) is 4. The third kappa shape index (κ3) is 5.82. The second-order valence-corrected chi connectivity index (χ2v) is 10.7. The molecule has 0 bridgehead atoms. The fraction of sp³-hybridized carbons (Fsp3) is 0.296. The van der Waals surface area contributed by atoms with Gasteiger partial charge in [0.25, 0.3) is 10.0 Å². The van der Waals surface area contributed by atoms with Crippen LogP contribution in [-0.4, -0.2) is 34.0 Å². The Labute approximate surface area is 206 Å². The lowest BCUT2D eigenvalue weighted by Crippen LogP contribution is -2.41. The number of nitrogens with one attached hydrogen (secondary N) is 1. The van der Waals surface area contributed by atoms with Gasteiger partial charge in [0.15, 0.2) is 0 Å². The van der Waals surface area contributed by atoms with E-state index in [1.807, 2.05) is 26.0 Å². The van der Waals surface area contributed by atoms with Crippen molar-refractivity contribution < 1.29 is 17.6 Å². The van der Waals surface area contributed by atoms with Crippen LogP contribution in [0.1, 0.15) is 36.9 Å². The summed E-state index contributed by atoms with van der Waals surface area (Å²) in [5, 5.41) is 2.91. The van der Waals surface area contributed by atoms with E-state index in [4.69, 9.17) is 0 Å². The quantitative estimate of drug-likeness (QED) is 0.487. The Hall–Kier alpha value is -3.39. The summed E-state index contributed by atoms with van der Waals surface area (Å²) in [6.45, 7) is 5.48. The zero-order valence-corrected chi connectivity index (χ0v) is 20.8. The number of anilines is 2. The van der Waals surface area contributed by atoms with Gasteiger partial charge >= 0.3 is 0 Å². The van der Waals surface area contributed by atoms with Gasteiger partial charge in [0, 0.05) is 18.8 Å². The topological polar surface area (TPSA) is 69.7 Å². The Morgan fingerprint density at radius 3 is 2.17 bits per heavy atom. The normalized spacial score (nSPS) is 14.5. The number of rotatable bonds is 8. The Morgan fingerprint density at radius 1 is 0.971 bits per heavy atom. The lowest BCUT2D eigenvalue weighted by atomic mass is 10.1. The molecular formula is C27H30FN3O3S. The van der Waals surface area contributed by atoms with Crippen LogP contribution in [0.2, 0.25) is 0 Å². The molecule has 0 aromatic heterocycles. The second kappa shape index (κ2) is 10.5. The summed E-state index contributed by atoms with van der Waals surface area (Å²) >= 11 is 0. The molecule has 6 nitrogen and oxygen atoms in total. The highest BCUT2D eigenvalue weighted by molar-refractivity contribution is 7.92. The van der Waals surface area contributed by atoms with Crippen LogP contribution in [0.25, 0.3) is 0 Å². The Balaban J connectivity index is 1.51. The van der Waals surface area contributed by atoms with E-state index in [1.54, 1.807) is 24.3 Å². The van der Waals surface area contributed by atoms with Gasteiger partial charge in [0.1, 0.15) is 12.4 Å². The Morgan fingerprint density at radius 2 is 1.57 bits per heavy atom. The summed E-state index contributed by atoms with van der Waals surface area (Å²) in [5.41, 5.74) is 3.42. The Bertz CT molecular complexity index is 1250. The van der Waals surface area contributed by atoms with E-state index in [0.29, 0.717) is 5.69 Å². The maximum absolute atomic E-state index is 13.4. The van der Waals surface area contributed by atoms with Gasteiger partial charge in [-0.15, -0.1) is 0 Å². The number of nitrogens with zero attached hydrogens (tertiary/aromatic N) is 2. The standard InChI is InChI=1S/C27H30FN3O3S/c1-20-5-11-25(12-6-20)31(35(33,34)26-15-9-23(28)10-16-26)19-27(32)29-21(2)22-7-13-24(14-8-22)30-17-3-4-18-30/h5-16,21H,3-4,17-19H2,1-2H3,(H,29,32). The number of carbonyl (C=O) groups is 1. The van der Waals surface area contributed by atoms with Gasteiger partial charge in [-0.3, -0.25) is 9.10 Å². The lowest BCUT2D eigenvalue weighted by molar-refractivity contribution is -0.120. The minimum Gasteiger partial charge on any atom is -0.372 e. The molecule has 0 radical (unpaired) electrons. The van der Waals surface area contributed by atoms with Crippen LogP contribution in [0.3, 0.4) is 0 Å². The molecule has 35 heavy (non-hydrogen) atoms. The van der Waals surface area contributed by atoms with E-state index in [1.165, 1.54) is 30.7 Å². The van der Waals surface area contributed by atoms with Crippen molar-refractivity contribution in [3.63, 3.8) is 0 Å². The number of aryl methyl sites for hydroxylation is 1. The fourth-order valence-corrected chi connectivity index (χ4v) is 5.63. The SMILES string of the molecule is Cc1ccc(N(CC(=O)NC(C)c2ccc(N3CCCC3)cc2)S(=O)(=O)c2ccc(F)cc2)cc1. The zero-order chi connectivity index (χ0) is 25.0. The number of benzene rings is 3. The number of halogens is 1. The van der Waals surface area contributed by atoms with Crippen molar-refractivity contribution in [1.82, 2.24) is 5.32 Å². The molecule has 3 aromatic carbocycles. The van der Waals surface area contributed by atoms with Crippen molar-refractivity contribution >= 4 is 27.3 Å². The van der Waals surface area contributed by atoms with Crippen LogP contribution in [0.4, 0.5) is 15.8 Å². The summed E-state index contributed by atoms with van der Waals surface area (Å²) in [6, 6.07) is 19.3. The van der Waals surface area contributed by atoms with Crippen LogP contribution in [0.5, 0.6) is 0 Å². The molecular weight excluding hydrogens is 465 g/mol. The van der Waals surface area contributed by atoms with Crippen LogP contribution in [0, 0.1) is 12.7 Å². The molecule has 8 heteroatoms. The summed E-state index contributed by atoms with van der Waals surface area (Å²) in [5.74, 6) is -0.972. The molecule has 1 N–H and O–H groups in total. The summed E-state index contributed by atoms with van der Waals surface area (Å²) in [4.78, 5) is 15.3. The first-order valence-electron chi connectivity index (χ1n) is 11.7. The van der Waals surface area contributed by atoms with Crippen molar-refractivity contribution in [3.05, 3.63) is 89.7 Å². The van der Waals surface area contributed by atoms with Gasteiger partial charge < -0.3 is 10.2 Å². The van der Waals surface area contributed by atoms with Gasteiger partial charge in [0.05, 0.1) is 16.6 Å². The first-order valence-corrected chi connectivity index (χ1v) is 13.2. The number of hydrogen-bond donors (Lipinski definition) is 1. The second-order valence-electron chi connectivity index (χ2n) is 8.88. The van der Waals surface area contributed by atoms with E-state index < -0.39 is 28.3 Å². The Kier molecular flexibility index (Phi) is 7.40. The molecule has 0 spiro atoms. The molecule has 1 heterocycles. The maximum atomic E-state index is 13.4. The molecule has 1 fully saturated rings. The molecule has 184 valence electrons. The minimum absolute atomic E-state index is 0.0853. The van der Waals surface area contributed by atoms with Crippen molar-refractivity contribution in [3.8, 4) is 0 Å². The monoisotopic (exact) mass is 495 g/mol. The highest BCUT2D eigenvalue weighted by Gasteiger charge is 2.28. The predicted molar refractivity (Wildman–Crippen MR) is 137 cm³/mol. The van der Waals surface area contributed by atoms with Gasteiger partial charge in [0.2, 0.25) is 5.91 Å². The molecule has 1 aliphatic rings. The molecule has 1 amide bonds. The van der Waals surface area contributed by atoms with Gasteiger partial charge in [-0.2, -0.15) is 0 Å². The van der Waals surface area contributed by atoms with Crippen LogP contribution in [0.15, 0.2) is 77.7 Å². The number of sulfonamides is 1. The third-order valence-corrected chi connectivity index (χ3v) is 8.04. The molecule has 0 saturated carbocycles. The third-order valence-electron chi connectivity index (χ3n) is 6.25. The lowest BCUT2D eigenvalue weighted by Gasteiger charge is -2.25. The molecule has 1 aliphatic heterocycles. The van der Waals surface area contributed by atoms with Gasteiger partial charge in [-0.05, 0) is 80.8 Å². The van der Waals surface area contributed by atoms with E-state index in [-0.39, 0.29) is 10.9 Å². The van der Waals surface area contributed by atoms with Crippen LogP contribution < -0.4 is 14.5 Å². The van der Waals surface area contributed by atoms with Gasteiger partial charge in [-0.1, -0.05) is 29.8 Å². The van der Waals surface area contributed by atoms with E-state index >= 15 is 0 Å². The smallest absolute Gasteiger partial charge is 0.264 e. The summed E-state index contributed by atoms with van der Waals surface area (Å²) < 4.78 is 41.3. The molecule has 1 saturated heterocycles. The summed E-state index contributed by atoms with van der Waals surface area (Å²) in [7, 11) is -4.09. The van der Waals surface area contributed by atoms with Crippen molar-refractivity contribution in [1.29, 1.82) is 0 Å². The number of amides is 1. The highest BCUT2D eigenvalue weighted by Crippen LogP contribution is 2.25. The molecule has 4 rings (SSSR count). The average molecular weight is 496 g/mol. The molecule has 1 unspecified atom stereocenters. The van der Waals surface area contributed by atoms with Crippen molar-refractivity contribution in [2.75, 3.05) is 28.8 Å². The largest absolute Gasteiger partial charge is 0.372 e. The predicted octanol–water partition coefficient (Wildman–Crippen LogP) is 4.81. The van der Waals surface area contributed by atoms with Crippen LogP contribution in [-0.2, 0) is 14.8 Å². The van der Waals surface area contributed by atoms with E-state index in [9.17, 15) is 17.6 Å².